The molecule has 1 fully saturated rings. The third-order valence-electron chi connectivity index (χ3n) is 4.04. The number of nitrogens with zero attached hydrogens (tertiary/aromatic N) is 1. The molecule has 2 heterocycles. The third-order valence-corrected chi connectivity index (χ3v) is 5.95. The predicted octanol–water partition coefficient (Wildman–Crippen LogP) is 4.21. The molecule has 2 nitrogen and oxygen atoms in total. The second kappa shape index (κ2) is 7.43. The Morgan fingerprint density at radius 1 is 1.19 bits per heavy atom. The van der Waals surface area contributed by atoms with Crippen LogP contribution in [-0.4, -0.2) is 22.5 Å². The van der Waals surface area contributed by atoms with E-state index in [1.54, 1.807) is 11.3 Å². The van der Waals surface area contributed by atoms with Crippen molar-refractivity contribution in [2.45, 2.75) is 31.7 Å². The average Bonchev–Trinajstić information content (AvgIpc) is 2.97. The Morgan fingerprint density at radius 3 is 2.71 bits per heavy atom. The first-order valence-electron chi connectivity index (χ1n) is 7.64. The summed E-state index contributed by atoms with van der Waals surface area (Å²) in [5.74, 6) is 3.45. The maximum absolute atomic E-state index is 6.34. The molecule has 21 heavy (non-hydrogen) atoms. The molecule has 0 radical (unpaired) electrons. The van der Waals surface area contributed by atoms with Gasteiger partial charge in [-0.05, 0) is 36.7 Å². The van der Waals surface area contributed by atoms with Crippen molar-refractivity contribution in [3.63, 3.8) is 0 Å². The number of nitrogens with two attached hydrogens (primary N) is 1. The zero-order chi connectivity index (χ0) is 14.5. The van der Waals surface area contributed by atoms with Crippen molar-refractivity contribution in [1.82, 2.24) is 4.98 Å². The summed E-state index contributed by atoms with van der Waals surface area (Å²) in [6.07, 6.45) is 4.75. The number of rotatable bonds is 5. The van der Waals surface area contributed by atoms with Crippen LogP contribution in [0.4, 0.5) is 0 Å². The van der Waals surface area contributed by atoms with Crippen LogP contribution in [0.2, 0.25) is 0 Å². The van der Waals surface area contributed by atoms with Crippen molar-refractivity contribution < 1.29 is 0 Å². The van der Waals surface area contributed by atoms with E-state index < -0.39 is 0 Å². The lowest BCUT2D eigenvalue weighted by Gasteiger charge is -2.23. The molecule has 1 unspecified atom stereocenters. The topological polar surface area (TPSA) is 38.9 Å². The molecule has 1 aromatic heterocycles. The number of hydrogen-bond acceptors (Lipinski definition) is 4. The number of thiazole rings is 1. The van der Waals surface area contributed by atoms with Gasteiger partial charge in [0.2, 0.25) is 0 Å². The summed E-state index contributed by atoms with van der Waals surface area (Å²) in [5, 5.41) is 3.32. The molecule has 1 atom stereocenters. The van der Waals surface area contributed by atoms with Crippen LogP contribution in [0.5, 0.6) is 0 Å². The smallest absolute Gasteiger partial charge is 0.0948 e. The van der Waals surface area contributed by atoms with E-state index in [9.17, 15) is 0 Å². The lowest BCUT2D eigenvalue weighted by molar-refractivity contribution is 0.406. The molecule has 0 amide bonds. The van der Waals surface area contributed by atoms with Gasteiger partial charge in [-0.3, -0.25) is 0 Å². The molecule has 2 aromatic rings. The monoisotopic (exact) mass is 318 g/mol. The molecule has 0 aliphatic carbocycles. The molecule has 1 saturated heterocycles. The van der Waals surface area contributed by atoms with Crippen molar-refractivity contribution in [2.24, 2.45) is 11.7 Å². The van der Waals surface area contributed by atoms with Crippen LogP contribution in [0.3, 0.4) is 0 Å². The van der Waals surface area contributed by atoms with Gasteiger partial charge in [-0.1, -0.05) is 30.3 Å². The minimum Gasteiger partial charge on any atom is -0.327 e. The molecule has 1 aromatic carbocycles. The Hall–Kier alpha value is -0.840. The van der Waals surface area contributed by atoms with Crippen LogP contribution >= 0.6 is 23.1 Å². The van der Waals surface area contributed by atoms with Gasteiger partial charge in [0.1, 0.15) is 0 Å². The predicted molar refractivity (Wildman–Crippen MR) is 93.9 cm³/mol. The first kappa shape index (κ1) is 15.1. The van der Waals surface area contributed by atoms with Gasteiger partial charge in [-0.15, -0.1) is 11.3 Å². The molecular formula is C17H22N2S2. The summed E-state index contributed by atoms with van der Waals surface area (Å²) < 4.78 is 0. The third kappa shape index (κ3) is 4.31. The lowest BCUT2D eigenvalue weighted by atomic mass is 9.93. The first-order chi connectivity index (χ1) is 10.3. The minimum atomic E-state index is 0.257. The Balaban J connectivity index is 1.56. The molecule has 4 heteroatoms. The lowest BCUT2D eigenvalue weighted by Crippen LogP contribution is -2.27. The van der Waals surface area contributed by atoms with Crippen molar-refractivity contribution in [2.75, 3.05) is 11.5 Å². The Bertz CT molecular complexity index is 547. The van der Waals surface area contributed by atoms with E-state index in [0.717, 1.165) is 24.5 Å². The maximum atomic E-state index is 6.34. The number of hydrogen-bond donors (Lipinski definition) is 1. The van der Waals surface area contributed by atoms with Gasteiger partial charge in [0.05, 0.1) is 10.7 Å². The molecule has 1 aliphatic heterocycles. The van der Waals surface area contributed by atoms with Crippen molar-refractivity contribution in [1.29, 1.82) is 0 Å². The summed E-state index contributed by atoms with van der Waals surface area (Å²) in [6.45, 7) is 0. The van der Waals surface area contributed by atoms with Gasteiger partial charge < -0.3 is 5.73 Å². The van der Waals surface area contributed by atoms with Gasteiger partial charge >= 0.3 is 0 Å². The van der Waals surface area contributed by atoms with E-state index in [-0.39, 0.29) is 6.04 Å². The van der Waals surface area contributed by atoms with Gasteiger partial charge in [0.15, 0.2) is 0 Å². The quantitative estimate of drug-likeness (QED) is 0.897. The van der Waals surface area contributed by atoms with E-state index >= 15 is 0 Å². The SMILES string of the molecule is NC(Cc1nc(-c2ccccc2)cs1)CC1CCSCC1. The second-order valence-corrected chi connectivity index (χ2v) is 7.92. The van der Waals surface area contributed by atoms with Gasteiger partial charge in [0, 0.05) is 23.4 Å². The largest absolute Gasteiger partial charge is 0.327 e. The highest BCUT2D eigenvalue weighted by atomic mass is 32.2. The highest BCUT2D eigenvalue weighted by molar-refractivity contribution is 7.99. The van der Waals surface area contributed by atoms with E-state index in [2.05, 4.69) is 41.4 Å². The zero-order valence-corrected chi connectivity index (χ0v) is 13.8. The molecule has 2 N–H and O–H groups in total. The summed E-state index contributed by atoms with van der Waals surface area (Å²) in [5.41, 5.74) is 8.62. The van der Waals surface area contributed by atoms with Crippen molar-refractivity contribution in [3.05, 3.63) is 40.7 Å². The Kier molecular flexibility index (Phi) is 5.33. The first-order valence-corrected chi connectivity index (χ1v) is 9.68. The number of benzene rings is 1. The minimum absolute atomic E-state index is 0.257. The standard InChI is InChI=1S/C17H22N2S2/c18-15(10-13-6-8-20-9-7-13)11-17-19-16(12-21-17)14-4-2-1-3-5-14/h1-5,12-13,15H,6-11,18H2. The number of thioether (sulfide) groups is 1. The van der Waals surface area contributed by atoms with E-state index in [1.807, 2.05) is 6.07 Å². The summed E-state index contributed by atoms with van der Waals surface area (Å²) in [6, 6.07) is 10.6. The fraction of sp³-hybridized carbons (Fsp3) is 0.471. The molecule has 112 valence electrons. The fourth-order valence-electron chi connectivity index (χ4n) is 2.86. The molecule has 0 saturated carbocycles. The number of aromatic nitrogens is 1. The fourth-order valence-corrected chi connectivity index (χ4v) is 4.97. The van der Waals surface area contributed by atoms with Crippen molar-refractivity contribution >= 4 is 23.1 Å². The van der Waals surface area contributed by atoms with Crippen LogP contribution in [0.25, 0.3) is 11.3 Å². The zero-order valence-electron chi connectivity index (χ0n) is 12.2. The average molecular weight is 319 g/mol. The van der Waals surface area contributed by atoms with Crippen LogP contribution in [0.15, 0.2) is 35.7 Å². The molecule has 0 spiro atoms. The van der Waals surface area contributed by atoms with E-state index in [4.69, 9.17) is 10.7 Å². The van der Waals surface area contributed by atoms with Gasteiger partial charge in [-0.25, -0.2) is 4.98 Å². The summed E-state index contributed by atoms with van der Waals surface area (Å²) in [4.78, 5) is 4.75. The molecule has 1 aliphatic rings. The van der Waals surface area contributed by atoms with Gasteiger partial charge in [0.25, 0.3) is 0 Å². The highest BCUT2D eigenvalue weighted by Gasteiger charge is 2.18. The molecular weight excluding hydrogens is 296 g/mol. The van der Waals surface area contributed by atoms with Gasteiger partial charge in [-0.2, -0.15) is 11.8 Å². The van der Waals surface area contributed by atoms with Crippen LogP contribution in [0.1, 0.15) is 24.3 Å². The summed E-state index contributed by atoms with van der Waals surface area (Å²) in [7, 11) is 0. The molecule has 0 bridgehead atoms. The van der Waals surface area contributed by atoms with Crippen molar-refractivity contribution in [3.8, 4) is 11.3 Å². The highest BCUT2D eigenvalue weighted by Crippen LogP contribution is 2.27. The molecule has 3 rings (SSSR count). The van der Waals surface area contributed by atoms with Crippen LogP contribution < -0.4 is 5.73 Å². The van der Waals surface area contributed by atoms with E-state index in [0.29, 0.717) is 0 Å². The van der Waals surface area contributed by atoms with Crippen LogP contribution in [-0.2, 0) is 6.42 Å². The Morgan fingerprint density at radius 2 is 1.95 bits per heavy atom. The normalized spacial score (nSPS) is 17.8. The summed E-state index contributed by atoms with van der Waals surface area (Å²) >= 11 is 3.82. The maximum Gasteiger partial charge on any atom is 0.0948 e. The Labute approximate surface area is 135 Å². The van der Waals surface area contributed by atoms with E-state index in [1.165, 1.54) is 34.9 Å². The van der Waals surface area contributed by atoms with Crippen LogP contribution in [0, 0.1) is 5.92 Å². The second-order valence-electron chi connectivity index (χ2n) is 5.75.